The van der Waals surface area contributed by atoms with Gasteiger partial charge >= 0.3 is 0 Å². The minimum atomic E-state index is 0.405. The molecule has 0 atom stereocenters. The summed E-state index contributed by atoms with van der Waals surface area (Å²) in [7, 11) is 0. The van der Waals surface area contributed by atoms with Gasteiger partial charge in [-0.05, 0) is 43.2 Å². The van der Waals surface area contributed by atoms with Gasteiger partial charge in [0.25, 0.3) is 0 Å². The van der Waals surface area contributed by atoms with Gasteiger partial charge in [-0.15, -0.1) is 10.2 Å². The zero-order valence-corrected chi connectivity index (χ0v) is 15.1. The van der Waals surface area contributed by atoms with Gasteiger partial charge in [0.05, 0.1) is 17.3 Å². The molecule has 3 heterocycles. The van der Waals surface area contributed by atoms with Crippen molar-refractivity contribution < 1.29 is 4.74 Å². The number of hydrogen-bond acceptors (Lipinski definition) is 6. The van der Waals surface area contributed by atoms with Crippen molar-refractivity contribution in [2.24, 2.45) is 5.10 Å². The molecule has 0 aliphatic carbocycles. The van der Waals surface area contributed by atoms with Gasteiger partial charge in [-0.25, -0.2) is 4.68 Å². The van der Waals surface area contributed by atoms with Crippen LogP contribution in [0.4, 0.5) is 5.82 Å². The molecule has 9 heteroatoms. The third-order valence-electron chi connectivity index (χ3n) is 3.86. The lowest BCUT2D eigenvalue weighted by molar-refractivity contribution is 0.318. The minimum absolute atomic E-state index is 0.405. The topological polar surface area (TPSA) is 77.2 Å². The van der Waals surface area contributed by atoms with E-state index in [4.69, 9.17) is 27.9 Å². The van der Waals surface area contributed by atoms with E-state index in [1.807, 2.05) is 18.2 Å². The number of fused-ring (bicyclic) bond motifs is 1. The fourth-order valence-corrected chi connectivity index (χ4v) is 2.97. The predicted octanol–water partition coefficient (Wildman–Crippen LogP) is 3.96. The Morgan fingerprint density at radius 2 is 2.08 bits per heavy atom. The molecule has 4 rings (SSSR count). The molecule has 0 saturated heterocycles. The van der Waals surface area contributed by atoms with Gasteiger partial charge in [0.2, 0.25) is 0 Å². The lowest BCUT2D eigenvalue weighted by Crippen LogP contribution is -2.06. The molecule has 7 nitrogen and oxygen atoms in total. The van der Waals surface area contributed by atoms with Crippen molar-refractivity contribution in [3.8, 4) is 11.6 Å². The zero-order chi connectivity index (χ0) is 17.9. The van der Waals surface area contributed by atoms with Crippen molar-refractivity contribution in [3.63, 3.8) is 0 Å². The number of benzene rings is 1. The molecule has 1 aliphatic rings. The third kappa shape index (κ3) is 3.36. The summed E-state index contributed by atoms with van der Waals surface area (Å²) < 4.78 is 7.37. The molecule has 1 N–H and O–H groups in total. The van der Waals surface area contributed by atoms with Gasteiger partial charge < -0.3 is 4.74 Å². The Labute approximate surface area is 159 Å². The molecule has 0 saturated carbocycles. The number of nitrogens with one attached hydrogen (secondary N) is 1. The van der Waals surface area contributed by atoms with Crippen LogP contribution in [-0.4, -0.2) is 32.3 Å². The van der Waals surface area contributed by atoms with E-state index >= 15 is 0 Å². The van der Waals surface area contributed by atoms with E-state index in [1.165, 1.54) is 0 Å². The molecular weight excluding hydrogens is 375 g/mol. The van der Waals surface area contributed by atoms with E-state index in [0.717, 1.165) is 24.1 Å². The van der Waals surface area contributed by atoms with Crippen LogP contribution in [0, 0.1) is 0 Å². The Balaban J connectivity index is 1.58. The first-order chi connectivity index (χ1) is 12.7. The SMILES string of the molecule is Clc1ccc2c(c1Cl)OCCC/C2=N\Nc1ccc(-n2cccn2)nn1. The fraction of sp³-hybridized carbons (Fsp3) is 0.176. The van der Waals surface area contributed by atoms with Gasteiger partial charge in [-0.1, -0.05) is 23.2 Å². The van der Waals surface area contributed by atoms with Crippen LogP contribution in [0.25, 0.3) is 5.82 Å². The van der Waals surface area contributed by atoms with Crippen LogP contribution in [-0.2, 0) is 0 Å². The van der Waals surface area contributed by atoms with Gasteiger partial charge in [-0.3, -0.25) is 5.43 Å². The van der Waals surface area contributed by atoms with E-state index in [-0.39, 0.29) is 0 Å². The molecule has 0 amide bonds. The second-order valence-corrected chi connectivity index (χ2v) is 6.37. The van der Waals surface area contributed by atoms with Gasteiger partial charge in [0, 0.05) is 18.0 Å². The molecule has 1 aliphatic heterocycles. The average Bonchev–Trinajstić information content (AvgIpc) is 3.12. The maximum absolute atomic E-state index is 6.27. The predicted molar refractivity (Wildman–Crippen MR) is 101 cm³/mol. The Kier molecular flexibility index (Phi) is 4.73. The van der Waals surface area contributed by atoms with Crippen LogP contribution in [0.5, 0.6) is 5.75 Å². The van der Waals surface area contributed by atoms with Crippen LogP contribution in [0.3, 0.4) is 0 Å². The number of nitrogens with zero attached hydrogens (tertiary/aromatic N) is 5. The second kappa shape index (κ2) is 7.31. The molecule has 3 aromatic rings. The molecule has 0 radical (unpaired) electrons. The maximum Gasteiger partial charge on any atom is 0.175 e. The number of rotatable bonds is 3. The highest BCUT2D eigenvalue weighted by Gasteiger charge is 2.20. The summed E-state index contributed by atoms with van der Waals surface area (Å²) in [5.74, 6) is 1.72. The lowest BCUT2D eigenvalue weighted by atomic mass is 10.1. The maximum atomic E-state index is 6.27. The fourth-order valence-electron chi connectivity index (χ4n) is 2.60. The summed E-state index contributed by atoms with van der Waals surface area (Å²) in [6.45, 7) is 0.560. The molecule has 26 heavy (non-hydrogen) atoms. The average molecular weight is 389 g/mol. The summed E-state index contributed by atoms with van der Waals surface area (Å²) in [5, 5.41) is 17.7. The first-order valence-corrected chi connectivity index (χ1v) is 8.75. The molecule has 1 aromatic carbocycles. The third-order valence-corrected chi connectivity index (χ3v) is 4.65. The van der Waals surface area contributed by atoms with Crippen molar-refractivity contribution in [3.05, 3.63) is 58.3 Å². The Hall–Kier alpha value is -2.64. The Bertz CT molecular complexity index is 941. The highest BCUT2D eigenvalue weighted by molar-refractivity contribution is 6.43. The van der Waals surface area contributed by atoms with Crippen molar-refractivity contribution in [1.29, 1.82) is 0 Å². The molecule has 2 aromatic heterocycles. The normalized spacial score (nSPS) is 15.2. The molecule has 0 bridgehead atoms. The van der Waals surface area contributed by atoms with Crippen LogP contribution in [0.15, 0.2) is 47.8 Å². The van der Waals surface area contributed by atoms with E-state index in [2.05, 4.69) is 25.8 Å². The zero-order valence-electron chi connectivity index (χ0n) is 13.6. The van der Waals surface area contributed by atoms with E-state index in [9.17, 15) is 0 Å². The summed E-state index contributed by atoms with van der Waals surface area (Å²) in [4.78, 5) is 0. The van der Waals surface area contributed by atoms with Crippen molar-refractivity contribution >= 4 is 34.7 Å². The van der Waals surface area contributed by atoms with Crippen molar-refractivity contribution in [2.75, 3.05) is 12.0 Å². The number of hydrazone groups is 1. The standard InChI is InChI=1S/C17H14Cl2N6O/c18-12-5-4-11-13(3-1-10-26-17(11)16(12)19)21-22-14-6-7-15(24-23-14)25-9-2-8-20-25/h2,4-9H,1,3,10H2,(H,22,23)/b21-13+. The number of anilines is 1. The monoisotopic (exact) mass is 388 g/mol. The molecule has 0 fully saturated rings. The number of hydrogen-bond donors (Lipinski definition) is 1. The van der Waals surface area contributed by atoms with Gasteiger partial charge in [0.15, 0.2) is 11.6 Å². The quantitative estimate of drug-likeness (QED) is 0.687. The lowest BCUT2D eigenvalue weighted by Gasteiger charge is -2.11. The van der Waals surface area contributed by atoms with Crippen LogP contribution >= 0.6 is 23.2 Å². The second-order valence-electron chi connectivity index (χ2n) is 5.59. The first-order valence-electron chi connectivity index (χ1n) is 8.00. The van der Waals surface area contributed by atoms with E-state index in [0.29, 0.717) is 34.0 Å². The minimum Gasteiger partial charge on any atom is -0.491 e. The number of ether oxygens (including phenoxy) is 1. The molecule has 0 unspecified atom stereocenters. The van der Waals surface area contributed by atoms with Crippen molar-refractivity contribution in [2.45, 2.75) is 12.8 Å². The highest BCUT2D eigenvalue weighted by atomic mass is 35.5. The number of aromatic nitrogens is 4. The van der Waals surface area contributed by atoms with Crippen LogP contribution < -0.4 is 10.2 Å². The van der Waals surface area contributed by atoms with Crippen LogP contribution in [0.1, 0.15) is 18.4 Å². The Morgan fingerprint density at radius 1 is 1.15 bits per heavy atom. The summed E-state index contributed by atoms with van der Waals surface area (Å²) >= 11 is 12.4. The van der Waals surface area contributed by atoms with Crippen molar-refractivity contribution in [1.82, 2.24) is 20.0 Å². The largest absolute Gasteiger partial charge is 0.491 e. The summed E-state index contributed by atoms with van der Waals surface area (Å²) in [6.07, 6.45) is 5.06. The molecule has 0 spiro atoms. The molecule has 132 valence electrons. The number of halogens is 2. The van der Waals surface area contributed by atoms with Gasteiger partial charge in [0.1, 0.15) is 10.8 Å². The van der Waals surface area contributed by atoms with E-state index < -0.39 is 0 Å². The Morgan fingerprint density at radius 3 is 2.85 bits per heavy atom. The highest BCUT2D eigenvalue weighted by Crippen LogP contribution is 2.37. The smallest absolute Gasteiger partial charge is 0.175 e. The van der Waals surface area contributed by atoms with E-state index in [1.54, 1.807) is 29.2 Å². The first kappa shape index (κ1) is 16.8. The summed E-state index contributed by atoms with van der Waals surface area (Å²) in [5.41, 5.74) is 4.60. The summed E-state index contributed by atoms with van der Waals surface area (Å²) in [6, 6.07) is 9.02. The van der Waals surface area contributed by atoms with Gasteiger partial charge in [-0.2, -0.15) is 10.2 Å². The van der Waals surface area contributed by atoms with Crippen LogP contribution in [0.2, 0.25) is 10.0 Å². The molecular formula is C17H14Cl2N6O.